The summed E-state index contributed by atoms with van der Waals surface area (Å²) in [6.45, 7) is 7.54. The third kappa shape index (κ3) is 1.56. The first kappa shape index (κ1) is 9.69. The lowest BCUT2D eigenvalue weighted by Crippen LogP contribution is -2.23. The highest BCUT2D eigenvalue weighted by Crippen LogP contribution is 2.33. The molecule has 1 aromatic carbocycles. The summed E-state index contributed by atoms with van der Waals surface area (Å²) < 4.78 is 11.2. The van der Waals surface area contributed by atoms with E-state index in [2.05, 4.69) is 32.0 Å². The van der Waals surface area contributed by atoms with Gasteiger partial charge in [0.25, 0.3) is 0 Å². The Labute approximate surface area is 84.8 Å². The quantitative estimate of drug-likeness (QED) is 0.680. The Morgan fingerprint density at radius 3 is 2.36 bits per heavy atom. The molecule has 2 rings (SSSR count). The molecular weight excluding hydrogens is 176 g/mol. The molecule has 14 heavy (non-hydrogen) atoms. The van der Waals surface area contributed by atoms with Gasteiger partial charge in [-0.05, 0) is 26.3 Å². The largest absolute Gasteiger partial charge is 0.344 e. The summed E-state index contributed by atoms with van der Waals surface area (Å²) >= 11 is 0. The molecule has 1 aliphatic rings. The Balaban J connectivity index is 2.40. The van der Waals surface area contributed by atoms with E-state index in [1.54, 1.807) is 0 Å². The standard InChI is InChI=1S/C12H16O2/c1-9-4-5-11(10(2)8-9)12(3)13-6-7-14-12/h4-5,8H,6-7H2,1-3H3. The second-order valence-corrected chi connectivity index (χ2v) is 3.96. The lowest BCUT2D eigenvalue weighted by Gasteiger charge is -2.24. The second-order valence-electron chi connectivity index (χ2n) is 3.96. The molecule has 0 saturated carbocycles. The van der Waals surface area contributed by atoms with Gasteiger partial charge in [-0.2, -0.15) is 0 Å². The normalized spacial score (nSPS) is 19.9. The molecule has 1 aliphatic heterocycles. The Morgan fingerprint density at radius 1 is 1.14 bits per heavy atom. The fraction of sp³-hybridized carbons (Fsp3) is 0.500. The lowest BCUT2D eigenvalue weighted by atomic mass is 9.99. The molecule has 0 N–H and O–H groups in total. The zero-order chi connectivity index (χ0) is 10.2. The molecular formula is C12H16O2. The van der Waals surface area contributed by atoms with Gasteiger partial charge in [-0.15, -0.1) is 0 Å². The van der Waals surface area contributed by atoms with E-state index >= 15 is 0 Å². The van der Waals surface area contributed by atoms with Crippen LogP contribution in [-0.4, -0.2) is 13.2 Å². The van der Waals surface area contributed by atoms with Crippen molar-refractivity contribution in [3.05, 3.63) is 34.9 Å². The van der Waals surface area contributed by atoms with E-state index < -0.39 is 5.79 Å². The second kappa shape index (κ2) is 3.37. The molecule has 1 fully saturated rings. The van der Waals surface area contributed by atoms with Crippen LogP contribution in [0.4, 0.5) is 0 Å². The van der Waals surface area contributed by atoms with E-state index in [1.807, 2.05) is 6.92 Å². The predicted molar refractivity (Wildman–Crippen MR) is 55.2 cm³/mol. The zero-order valence-electron chi connectivity index (χ0n) is 8.96. The van der Waals surface area contributed by atoms with Crippen LogP contribution in [0, 0.1) is 13.8 Å². The summed E-state index contributed by atoms with van der Waals surface area (Å²) in [6, 6.07) is 6.35. The molecule has 1 aromatic rings. The molecule has 1 saturated heterocycles. The van der Waals surface area contributed by atoms with Crippen LogP contribution in [0.2, 0.25) is 0 Å². The van der Waals surface area contributed by atoms with E-state index in [4.69, 9.17) is 9.47 Å². The number of hydrogen-bond acceptors (Lipinski definition) is 2. The maximum Gasteiger partial charge on any atom is 0.192 e. The summed E-state index contributed by atoms with van der Waals surface area (Å²) in [5.74, 6) is -0.530. The van der Waals surface area contributed by atoms with E-state index in [1.165, 1.54) is 11.1 Å². The highest BCUT2D eigenvalue weighted by molar-refractivity contribution is 5.33. The van der Waals surface area contributed by atoms with Gasteiger partial charge in [0, 0.05) is 5.56 Å². The van der Waals surface area contributed by atoms with Gasteiger partial charge in [0.1, 0.15) is 0 Å². The molecule has 0 amide bonds. The summed E-state index contributed by atoms with van der Waals surface area (Å²) in [5.41, 5.74) is 3.64. The maximum atomic E-state index is 5.62. The molecule has 0 atom stereocenters. The Morgan fingerprint density at radius 2 is 1.79 bits per heavy atom. The van der Waals surface area contributed by atoms with Crippen LogP contribution in [0.1, 0.15) is 23.6 Å². The third-order valence-electron chi connectivity index (χ3n) is 2.71. The number of aryl methyl sites for hydroxylation is 2. The van der Waals surface area contributed by atoms with Gasteiger partial charge in [0.05, 0.1) is 13.2 Å². The number of hydrogen-bond donors (Lipinski definition) is 0. The van der Waals surface area contributed by atoms with Crippen molar-refractivity contribution in [2.24, 2.45) is 0 Å². The minimum Gasteiger partial charge on any atom is -0.344 e. The van der Waals surface area contributed by atoms with Gasteiger partial charge < -0.3 is 9.47 Å². The fourth-order valence-electron chi connectivity index (χ4n) is 1.99. The molecule has 2 heteroatoms. The van der Waals surface area contributed by atoms with Crippen molar-refractivity contribution in [2.45, 2.75) is 26.6 Å². The number of benzene rings is 1. The van der Waals surface area contributed by atoms with Crippen LogP contribution in [-0.2, 0) is 15.3 Å². The van der Waals surface area contributed by atoms with E-state index in [0.29, 0.717) is 13.2 Å². The lowest BCUT2D eigenvalue weighted by molar-refractivity contribution is -0.150. The smallest absolute Gasteiger partial charge is 0.192 e. The monoisotopic (exact) mass is 192 g/mol. The van der Waals surface area contributed by atoms with E-state index in [9.17, 15) is 0 Å². The van der Waals surface area contributed by atoms with Crippen molar-refractivity contribution in [1.82, 2.24) is 0 Å². The Hall–Kier alpha value is -0.860. The summed E-state index contributed by atoms with van der Waals surface area (Å²) in [5, 5.41) is 0. The fourth-order valence-corrected chi connectivity index (χ4v) is 1.99. The van der Waals surface area contributed by atoms with Crippen molar-refractivity contribution < 1.29 is 9.47 Å². The minimum absolute atomic E-state index is 0.530. The number of rotatable bonds is 1. The molecule has 0 aliphatic carbocycles. The predicted octanol–water partition coefficient (Wildman–Crippen LogP) is 2.52. The first-order valence-electron chi connectivity index (χ1n) is 4.97. The van der Waals surface area contributed by atoms with Crippen molar-refractivity contribution in [2.75, 3.05) is 13.2 Å². The Bertz CT molecular complexity index is 338. The average Bonchev–Trinajstić information content (AvgIpc) is 2.52. The van der Waals surface area contributed by atoms with Gasteiger partial charge in [0.2, 0.25) is 0 Å². The highest BCUT2D eigenvalue weighted by atomic mass is 16.7. The van der Waals surface area contributed by atoms with Crippen molar-refractivity contribution in [1.29, 1.82) is 0 Å². The van der Waals surface area contributed by atoms with Gasteiger partial charge in [-0.25, -0.2) is 0 Å². The summed E-state index contributed by atoms with van der Waals surface area (Å²) in [6.07, 6.45) is 0. The van der Waals surface area contributed by atoms with Gasteiger partial charge >= 0.3 is 0 Å². The van der Waals surface area contributed by atoms with Crippen molar-refractivity contribution in [3.63, 3.8) is 0 Å². The topological polar surface area (TPSA) is 18.5 Å². The van der Waals surface area contributed by atoms with Gasteiger partial charge in [0.15, 0.2) is 5.79 Å². The minimum atomic E-state index is -0.530. The molecule has 0 radical (unpaired) electrons. The van der Waals surface area contributed by atoms with Crippen molar-refractivity contribution >= 4 is 0 Å². The third-order valence-corrected chi connectivity index (χ3v) is 2.71. The first-order chi connectivity index (χ1) is 6.62. The molecule has 0 aromatic heterocycles. The van der Waals surface area contributed by atoms with Crippen LogP contribution in [0.3, 0.4) is 0 Å². The molecule has 0 spiro atoms. The van der Waals surface area contributed by atoms with Crippen LogP contribution >= 0.6 is 0 Å². The van der Waals surface area contributed by atoms with Crippen molar-refractivity contribution in [3.8, 4) is 0 Å². The van der Waals surface area contributed by atoms with E-state index in [-0.39, 0.29) is 0 Å². The summed E-state index contributed by atoms with van der Waals surface area (Å²) in [7, 11) is 0. The first-order valence-corrected chi connectivity index (χ1v) is 4.97. The molecule has 76 valence electrons. The van der Waals surface area contributed by atoms with Crippen LogP contribution in [0.25, 0.3) is 0 Å². The van der Waals surface area contributed by atoms with Gasteiger partial charge in [-0.3, -0.25) is 0 Å². The van der Waals surface area contributed by atoms with Crippen LogP contribution < -0.4 is 0 Å². The van der Waals surface area contributed by atoms with Crippen LogP contribution in [0.5, 0.6) is 0 Å². The van der Waals surface area contributed by atoms with Crippen LogP contribution in [0.15, 0.2) is 18.2 Å². The molecule has 2 nitrogen and oxygen atoms in total. The van der Waals surface area contributed by atoms with E-state index in [0.717, 1.165) is 5.56 Å². The molecule has 0 unspecified atom stereocenters. The SMILES string of the molecule is Cc1ccc(C2(C)OCCO2)c(C)c1. The molecule has 1 heterocycles. The Kier molecular flexibility index (Phi) is 2.33. The summed E-state index contributed by atoms with van der Waals surface area (Å²) in [4.78, 5) is 0. The average molecular weight is 192 g/mol. The number of ether oxygens (including phenoxy) is 2. The van der Waals surface area contributed by atoms with Gasteiger partial charge in [-0.1, -0.05) is 23.8 Å². The molecule has 0 bridgehead atoms. The highest BCUT2D eigenvalue weighted by Gasteiger charge is 2.34. The zero-order valence-corrected chi connectivity index (χ0v) is 8.96. The maximum absolute atomic E-state index is 5.62.